The number of aliphatic carboxylic acids is 1. The third-order valence-electron chi connectivity index (χ3n) is 2.95. The molecule has 0 spiro atoms. The Morgan fingerprint density at radius 3 is 2.67 bits per heavy atom. The third kappa shape index (κ3) is 3.07. The molecule has 96 valence electrons. The molecule has 1 aliphatic heterocycles. The predicted molar refractivity (Wildman–Crippen MR) is 63.8 cm³/mol. The molecule has 5 heteroatoms. The number of piperidine rings is 1. The van der Waals surface area contributed by atoms with Crippen LogP contribution in [0, 0.1) is 5.92 Å². The number of carboxylic acids is 1. The van der Waals surface area contributed by atoms with Gasteiger partial charge in [-0.1, -0.05) is 18.2 Å². The zero-order valence-electron chi connectivity index (χ0n) is 9.91. The number of rotatable bonds is 3. The summed E-state index contributed by atoms with van der Waals surface area (Å²) in [5, 5.41) is 10.4. The molecule has 0 unspecified atom stereocenters. The Kier molecular flexibility index (Phi) is 3.94. The molecule has 1 atom stereocenters. The average Bonchev–Trinajstić information content (AvgIpc) is 2.40. The number of nitrogens with zero attached hydrogens (tertiary/aromatic N) is 1. The number of hydrogen-bond donors (Lipinski definition) is 1. The average molecular weight is 249 g/mol. The van der Waals surface area contributed by atoms with Gasteiger partial charge in [0.05, 0.1) is 11.5 Å². The van der Waals surface area contributed by atoms with E-state index in [0.29, 0.717) is 18.5 Å². The van der Waals surface area contributed by atoms with Crippen LogP contribution in [0.15, 0.2) is 30.3 Å². The maximum absolute atomic E-state index is 11.8. The fourth-order valence-electron chi connectivity index (χ4n) is 1.97. The number of hydrogen-bond acceptors (Lipinski definition) is 4. The van der Waals surface area contributed by atoms with Crippen molar-refractivity contribution in [3.05, 3.63) is 35.9 Å². The van der Waals surface area contributed by atoms with Crippen molar-refractivity contribution in [2.24, 2.45) is 5.92 Å². The third-order valence-corrected chi connectivity index (χ3v) is 2.95. The van der Waals surface area contributed by atoms with Gasteiger partial charge >= 0.3 is 11.9 Å². The minimum absolute atomic E-state index is 0.258. The van der Waals surface area contributed by atoms with Gasteiger partial charge in [-0.2, -0.15) is 0 Å². The first-order valence-electron chi connectivity index (χ1n) is 5.92. The molecule has 0 aromatic heterocycles. The van der Waals surface area contributed by atoms with E-state index in [4.69, 9.17) is 9.94 Å². The lowest BCUT2D eigenvalue weighted by molar-refractivity contribution is -0.158. The Labute approximate surface area is 105 Å². The lowest BCUT2D eigenvalue weighted by Gasteiger charge is -2.28. The summed E-state index contributed by atoms with van der Waals surface area (Å²) in [6, 6.07) is 8.67. The van der Waals surface area contributed by atoms with Gasteiger partial charge in [0.1, 0.15) is 0 Å². The van der Waals surface area contributed by atoms with Gasteiger partial charge in [-0.3, -0.25) is 4.79 Å². The minimum Gasteiger partial charge on any atom is -0.481 e. The summed E-state index contributed by atoms with van der Waals surface area (Å²) in [6.45, 7) is 0.844. The zero-order valence-corrected chi connectivity index (χ0v) is 9.91. The molecule has 18 heavy (non-hydrogen) atoms. The van der Waals surface area contributed by atoms with E-state index >= 15 is 0 Å². The summed E-state index contributed by atoms with van der Waals surface area (Å²) in [6.07, 6.45) is 1.35. The Balaban J connectivity index is 1.93. The standard InChI is InChI=1S/C13H15NO4/c15-12(16)11-7-4-8-14(9-11)18-13(17)10-5-2-1-3-6-10/h1-3,5-6,11H,4,7-9H2,(H,15,16)/t11-/m1/s1. The Morgan fingerprint density at radius 1 is 1.28 bits per heavy atom. The molecule has 0 radical (unpaired) electrons. The topological polar surface area (TPSA) is 66.8 Å². The largest absolute Gasteiger partial charge is 0.481 e. The van der Waals surface area contributed by atoms with Crippen LogP contribution in [0.3, 0.4) is 0 Å². The molecule has 0 aliphatic carbocycles. The van der Waals surface area contributed by atoms with Crippen LogP contribution in [0.4, 0.5) is 0 Å². The van der Waals surface area contributed by atoms with Crippen LogP contribution in [-0.4, -0.2) is 35.2 Å². The van der Waals surface area contributed by atoms with Crippen LogP contribution < -0.4 is 0 Å². The number of hydroxylamine groups is 2. The zero-order chi connectivity index (χ0) is 13.0. The van der Waals surface area contributed by atoms with Crippen molar-refractivity contribution in [3.8, 4) is 0 Å². The van der Waals surface area contributed by atoms with Gasteiger partial charge in [0.15, 0.2) is 0 Å². The van der Waals surface area contributed by atoms with Gasteiger partial charge in [0, 0.05) is 13.1 Å². The molecular weight excluding hydrogens is 234 g/mol. The van der Waals surface area contributed by atoms with Crippen LogP contribution in [0.1, 0.15) is 23.2 Å². The van der Waals surface area contributed by atoms with Crippen LogP contribution >= 0.6 is 0 Å². The number of carbonyl (C=O) groups excluding carboxylic acids is 1. The molecule has 1 aromatic rings. The van der Waals surface area contributed by atoms with Crippen LogP contribution in [0.5, 0.6) is 0 Å². The van der Waals surface area contributed by atoms with E-state index in [1.165, 1.54) is 5.06 Å². The molecule has 0 saturated carbocycles. The highest BCUT2D eigenvalue weighted by Gasteiger charge is 2.27. The normalized spacial score (nSPS) is 20.3. The fourth-order valence-corrected chi connectivity index (χ4v) is 1.97. The summed E-state index contributed by atoms with van der Waals surface area (Å²) < 4.78 is 0. The maximum Gasteiger partial charge on any atom is 0.357 e. The van der Waals surface area contributed by atoms with E-state index in [1.807, 2.05) is 6.07 Å². The van der Waals surface area contributed by atoms with Crippen molar-refractivity contribution in [2.45, 2.75) is 12.8 Å². The predicted octanol–water partition coefficient (Wildman–Crippen LogP) is 1.55. The summed E-state index contributed by atoms with van der Waals surface area (Å²) >= 11 is 0. The molecule has 1 saturated heterocycles. The first-order chi connectivity index (χ1) is 8.66. The van der Waals surface area contributed by atoms with Crippen molar-refractivity contribution >= 4 is 11.9 Å². The number of carbonyl (C=O) groups is 2. The summed E-state index contributed by atoms with van der Waals surface area (Å²) in [7, 11) is 0. The Bertz CT molecular complexity index is 432. The number of benzene rings is 1. The lowest BCUT2D eigenvalue weighted by atomic mass is 10.00. The van der Waals surface area contributed by atoms with Gasteiger partial charge in [-0.15, -0.1) is 5.06 Å². The highest BCUT2D eigenvalue weighted by molar-refractivity contribution is 5.89. The van der Waals surface area contributed by atoms with Gasteiger partial charge in [-0.25, -0.2) is 4.79 Å². The van der Waals surface area contributed by atoms with Gasteiger partial charge in [-0.05, 0) is 25.0 Å². The Morgan fingerprint density at radius 2 is 2.00 bits per heavy atom. The lowest BCUT2D eigenvalue weighted by Crippen LogP contribution is -2.39. The Hall–Kier alpha value is -1.88. The van der Waals surface area contributed by atoms with E-state index in [-0.39, 0.29) is 6.54 Å². The van der Waals surface area contributed by atoms with Crippen molar-refractivity contribution in [1.29, 1.82) is 0 Å². The fraction of sp³-hybridized carbons (Fsp3) is 0.385. The van der Waals surface area contributed by atoms with Crippen LogP contribution in [0.25, 0.3) is 0 Å². The molecule has 2 rings (SSSR count). The highest BCUT2D eigenvalue weighted by Crippen LogP contribution is 2.17. The molecular formula is C13H15NO4. The molecule has 1 heterocycles. The van der Waals surface area contributed by atoms with Crippen molar-refractivity contribution in [2.75, 3.05) is 13.1 Å². The molecule has 1 fully saturated rings. The number of carboxylic acid groups (broad SMARTS) is 1. The van der Waals surface area contributed by atoms with Crippen molar-refractivity contribution < 1.29 is 19.5 Å². The van der Waals surface area contributed by atoms with E-state index in [1.54, 1.807) is 24.3 Å². The first-order valence-corrected chi connectivity index (χ1v) is 5.92. The van der Waals surface area contributed by atoms with E-state index < -0.39 is 17.9 Å². The minimum atomic E-state index is -0.838. The summed E-state index contributed by atoms with van der Waals surface area (Å²) in [5.74, 6) is -1.74. The first kappa shape index (κ1) is 12.6. The molecule has 1 aromatic carbocycles. The smallest absolute Gasteiger partial charge is 0.357 e. The van der Waals surface area contributed by atoms with Gasteiger partial charge in [0.2, 0.25) is 0 Å². The molecule has 0 bridgehead atoms. The van der Waals surface area contributed by atoms with E-state index in [0.717, 1.165) is 6.42 Å². The molecule has 1 N–H and O–H groups in total. The molecule has 1 aliphatic rings. The van der Waals surface area contributed by atoms with E-state index in [9.17, 15) is 9.59 Å². The second-order valence-corrected chi connectivity index (χ2v) is 4.31. The second-order valence-electron chi connectivity index (χ2n) is 4.31. The van der Waals surface area contributed by atoms with Crippen LogP contribution in [0.2, 0.25) is 0 Å². The summed E-state index contributed by atoms with van der Waals surface area (Å²) in [4.78, 5) is 27.9. The van der Waals surface area contributed by atoms with Crippen molar-refractivity contribution in [1.82, 2.24) is 5.06 Å². The highest BCUT2D eigenvalue weighted by atomic mass is 16.7. The van der Waals surface area contributed by atoms with E-state index in [2.05, 4.69) is 0 Å². The van der Waals surface area contributed by atoms with Crippen molar-refractivity contribution in [3.63, 3.8) is 0 Å². The van der Waals surface area contributed by atoms with Gasteiger partial charge in [0.25, 0.3) is 0 Å². The molecule has 0 amide bonds. The molecule has 5 nitrogen and oxygen atoms in total. The quantitative estimate of drug-likeness (QED) is 0.880. The van der Waals surface area contributed by atoms with Gasteiger partial charge < -0.3 is 9.94 Å². The SMILES string of the molecule is O=C(ON1CCC[C@@H](C(=O)O)C1)c1ccccc1. The maximum atomic E-state index is 11.8. The monoisotopic (exact) mass is 249 g/mol. The summed E-state index contributed by atoms with van der Waals surface area (Å²) in [5.41, 5.74) is 0.468. The van der Waals surface area contributed by atoms with Crippen LogP contribution in [-0.2, 0) is 9.63 Å². The second kappa shape index (κ2) is 5.64.